The summed E-state index contributed by atoms with van der Waals surface area (Å²) in [4.78, 5) is 29.0. The number of rotatable bonds is 7. The molecule has 7 heteroatoms. The second-order valence-electron chi connectivity index (χ2n) is 8.54. The van der Waals surface area contributed by atoms with Crippen molar-refractivity contribution in [2.45, 2.75) is 36.1 Å². The van der Waals surface area contributed by atoms with Gasteiger partial charge in [-0.1, -0.05) is 42.1 Å². The fraction of sp³-hybridized carbons (Fsp3) is 0.417. The first-order chi connectivity index (χ1) is 15.1. The van der Waals surface area contributed by atoms with Crippen LogP contribution in [0.5, 0.6) is 0 Å². The highest BCUT2D eigenvalue weighted by Crippen LogP contribution is 2.34. The van der Waals surface area contributed by atoms with Crippen molar-refractivity contribution in [1.29, 1.82) is 0 Å². The number of hydrogen-bond donors (Lipinski definition) is 4. The van der Waals surface area contributed by atoms with Crippen LogP contribution in [0.4, 0.5) is 5.69 Å². The Kier molecular flexibility index (Phi) is 7.27. The molecule has 0 radical (unpaired) electrons. The second-order valence-corrected chi connectivity index (χ2v) is 9.69. The zero-order valence-corrected chi connectivity index (χ0v) is 18.9. The number of carbonyl (C=O) groups is 2. The summed E-state index contributed by atoms with van der Waals surface area (Å²) >= 11 is 1.63. The Bertz CT molecular complexity index is 915. The molecule has 31 heavy (non-hydrogen) atoms. The first kappa shape index (κ1) is 21.9. The topological polar surface area (TPSA) is 67.1 Å². The number of quaternary nitrogens is 2. The van der Waals surface area contributed by atoms with Crippen molar-refractivity contribution in [3.05, 3.63) is 59.7 Å². The molecule has 1 saturated heterocycles. The maximum Gasteiger partial charge on any atom is 0.294 e. The van der Waals surface area contributed by atoms with E-state index in [1.165, 1.54) is 34.6 Å². The average Bonchev–Trinajstić information content (AvgIpc) is 2.79. The van der Waals surface area contributed by atoms with E-state index < -0.39 is 0 Å². The molecule has 4 rings (SSSR count). The smallest absolute Gasteiger partial charge is 0.294 e. The Morgan fingerprint density at radius 1 is 1.16 bits per heavy atom. The summed E-state index contributed by atoms with van der Waals surface area (Å²) in [5.41, 5.74) is 2.63. The quantitative estimate of drug-likeness (QED) is 0.509. The summed E-state index contributed by atoms with van der Waals surface area (Å²) in [6, 6.07) is 16.0. The minimum atomic E-state index is -0.0988. The fourth-order valence-corrected chi connectivity index (χ4v) is 5.52. The number of benzene rings is 2. The standard InChI is InChI=1S/C24H30N4O2S/c1-27(17-18-8-4-2-5-9-18)15-12-25-22(29)19-10-11-21-20(16-19)26-23(30)24(31-21)28-13-6-3-7-14-28/h2,4-5,8-11,16,24H,3,6-7,12-15,17H2,1H3,(H,25,29)(H,26,30)/p+2. The molecule has 2 aromatic rings. The third-order valence-electron chi connectivity index (χ3n) is 6.04. The number of amides is 2. The number of piperidine rings is 1. The lowest BCUT2D eigenvalue weighted by molar-refractivity contribution is -0.906. The Hall–Kier alpha value is -2.35. The van der Waals surface area contributed by atoms with E-state index in [9.17, 15) is 9.59 Å². The van der Waals surface area contributed by atoms with Crippen molar-refractivity contribution in [2.75, 3.05) is 38.5 Å². The largest absolute Gasteiger partial charge is 0.346 e. The number of likely N-dealkylation sites (N-methyl/N-ethyl adjacent to an activating group) is 1. The Morgan fingerprint density at radius 2 is 1.94 bits per heavy atom. The minimum absolute atomic E-state index is 0.0538. The normalized spacial score (nSPS) is 19.9. The van der Waals surface area contributed by atoms with Crippen LogP contribution >= 0.6 is 11.8 Å². The van der Waals surface area contributed by atoms with E-state index >= 15 is 0 Å². The first-order valence-electron chi connectivity index (χ1n) is 11.2. The molecule has 2 atom stereocenters. The van der Waals surface area contributed by atoms with Crippen LogP contribution in [0.3, 0.4) is 0 Å². The SMILES string of the molecule is C[NH+](CCNC(=O)c1ccc2c(c1)NC(=O)C([NH+]1CCCCC1)S2)Cc1ccccc1. The third-order valence-corrected chi connectivity index (χ3v) is 7.43. The summed E-state index contributed by atoms with van der Waals surface area (Å²) in [5, 5.41) is 5.96. The lowest BCUT2D eigenvalue weighted by atomic mass is 10.1. The van der Waals surface area contributed by atoms with Crippen molar-refractivity contribution < 1.29 is 19.4 Å². The second kappa shape index (κ2) is 10.3. The van der Waals surface area contributed by atoms with Crippen LogP contribution in [0.15, 0.2) is 53.4 Å². The van der Waals surface area contributed by atoms with Crippen molar-refractivity contribution in [3.8, 4) is 0 Å². The number of anilines is 1. The number of thioether (sulfide) groups is 1. The van der Waals surface area contributed by atoms with Gasteiger partial charge in [0.1, 0.15) is 6.54 Å². The Balaban J connectivity index is 1.30. The van der Waals surface area contributed by atoms with Crippen LogP contribution in [-0.4, -0.2) is 50.4 Å². The number of fused-ring (bicyclic) bond motifs is 1. The predicted molar refractivity (Wildman–Crippen MR) is 123 cm³/mol. The van der Waals surface area contributed by atoms with Crippen LogP contribution in [0.2, 0.25) is 0 Å². The van der Waals surface area contributed by atoms with E-state index in [-0.39, 0.29) is 17.2 Å². The van der Waals surface area contributed by atoms with Gasteiger partial charge in [-0.05, 0) is 37.5 Å². The molecule has 0 spiro atoms. The van der Waals surface area contributed by atoms with E-state index in [0.29, 0.717) is 12.1 Å². The monoisotopic (exact) mass is 440 g/mol. The zero-order chi connectivity index (χ0) is 21.6. The molecule has 4 N–H and O–H groups in total. The molecule has 0 bridgehead atoms. The van der Waals surface area contributed by atoms with E-state index in [2.05, 4.69) is 29.8 Å². The maximum absolute atomic E-state index is 12.7. The van der Waals surface area contributed by atoms with Crippen molar-refractivity contribution in [1.82, 2.24) is 5.32 Å². The summed E-state index contributed by atoms with van der Waals surface area (Å²) in [6.07, 6.45) is 3.64. The van der Waals surface area contributed by atoms with Gasteiger partial charge in [0, 0.05) is 16.0 Å². The predicted octanol–water partition coefficient (Wildman–Crippen LogP) is 0.570. The van der Waals surface area contributed by atoms with Crippen molar-refractivity contribution in [3.63, 3.8) is 0 Å². The molecule has 0 saturated carbocycles. The molecule has 2 aliphatic rings. The summed E-state index contributed by atoms with van der Waals surface area (Å²) in [7, 11) is 2.13. The van der Waals surface area contributed by atoms with E-state index in [0.717, 1.165) is 36.8 Å². The molecule has 6 nitrogen and oxygen atoms in total. The molecule has 0 aromatic heterocycles. The lowest BCUT2D eigenvalue weighted by Gasteiger charge is -2.33. The molecule has 164 valence electrons. The van der Waals surface area contributed by atoms with E-state index in [4.69, 9.17) is 0 Å². The van der Waals surface area contributed by atoms with Crippen LogP contribution in [0.1, 0.15) is 35.2 Å². The molecular weight excluding hydrogens is 408 g/mol. The van der Waals surface area contributed by atoms with Gasteiger partial charge in [-0.3, -0.25) is 9.59 Å². The average molecular weight is 441 g/mol. The highest BCUT2D eigenvalue weighted by Gasteiger charge is 2.36. The molecule has 2 heterocycles. The van der Waals surface area contributed by atoms with Crippen LogP contribution in [-0.2, 0) is 11.3 Å². The molecule has 2 amide bonds. The van der Waals surface area contributed by atoms with Gasteiger partial charge < -0.3 is 20.4 Å². The Labute approximate surface area is 188 Å². The van der Waals surface area contributed by atoms with Crippen molar-refractivity contribution in [2.24, 2.45) is 0 Å². The van der Waals surface area contributed by atoms with Gasteiger partial charge in [0.05, 0.1) is 38.9 Å². The van der Waals surface area contributed by atoms with Gasteiger partial charge in [-0.25, -0.2) is 0 Å². The Morgan fingerprint density at radius 3 is 2.71 bits per heavy atom. The molecule has 2 unspecified atom stereocenters. The lowest BCUT2D eigenvalue weighted by Crippen LogP contribution is -3.17. The molecule has 2 aromatic carbocycles. The maximum atomic E-state index is 12.7. The highest BCUT2D eigenvalue weighted by atomic mass is 32.2. The van der Waals surface area contributed by atoms with Crippen LogP contribution in [0, 0.1) is 0 Å². The minimum Gasteiger partial charge on any atom is -0.346 e. The van der Waals surface area contributed by atoms with Gasteiger partial charge in [0.2, 0.25) is 5.37 Å². The molecule has 2 aliphatic heterocycles. The molecule has 1 fully saturated rings. The van der Waals surface area contributed by atoms with Crippen LogP contribution in [0.25, 0.3) is 0 Å². The number of hydrogen-bond acceptors (Lipinski definition) is 3. The molecular formula is C24H32N4O2S+2. The number of nitrogens with one attached hydrogen (secondary N) is 4. The first-order valence-corrected chi connectivity index (χ1v) is 12.1. The summed E-state index contributed by atoms with van der Waals surface area (Å²) in [5.74, 6) is -0.0450. The van der Waals surface area contributed by atoms with Crippen LogP contribution < -0.4 is 20.4 Å². The van der Waals surface area contributed by atoms with E-state index in [1.807, 2.05) is 30.3 Å². The third kappa shape index (κ3) is 5.67. The summed E-state index contributed by atoms with van der Waals surface area (Å²) < 4.78 is 0. The van der Waals surface area contributed by atoms with Gasteiger partial charge in [-0.2, -0.15) is 0 Å². The van der Waals surface area contributed by atoms with Gasteiger partial charge in [-0.15, -0.1) is 0 Å². The van der Waals surface area contributed by atoms with Gasteiger partial charge in [0.15, 0.2) is 0 Å². The zero-order valence-electron chi connectivity index (χ0n) is 18.1. The summed E-state index contributed by atoms with van der Waals surface area (Å²) in [6.45, 7) is 4.50. The fourth-order valence-electron chi connectivity index (χ4n) is 4.31. The van der Waals surface area contributed by atoms with E-state index in [1.54, 1.807) is 17.8 Å². The highest BCUT2D eigenvalue weighted by molar-refractivity contribution is 8.00. The molecule has 0 aliphatic carbocycles. The number of likely N-dealkylation sites (tertiary alicyclic amines) is 1. The van der Waals surface area contributed by atoms with Crippen molar-refractivity contribution >= 4 is 29.3 Å². The van der Waals surface area contributed by atoms with Gasteiger partial charge >= 0.3 is 0 Å². The number of carbonyl (C=O) groups excluding carboxylic acids is 2. The van der Waals surface area contributed by atoms with Gasteiger partial charge in [0.25, 0.3) is 11.8 Å².